The molecule has 30 heavy (non-hydrogen) atoms. The topological polar surface area (TPSA) is 84.3 Å². The Morgan fingerprint density at radius 2 is 1.87 bits per heavy atom. The fraction of sp³-hybridized carbons (Fsp3) is 0.273. The summed E-state index contributed by atoms with van der Waals surface area (Å²) in [5.41, 5.74) is 1.98. The van der Waals surface area contributed by atoms with Gasteiger partial charge in [-0.05, 0) is 42.7 Å². The normalized spacial score (nSPS) is 17.5. The molecule has 1 aliphatic rings. The first-order valence-corrected chi connectivity index (χ1v) is 11.4. The molecule has 1 amide bonds. The van der Waals surface area contributed by atoms with E-state index in [2.05, 4.69) is 10.3 Å². The monoisotopic (exact) mass is 424 g/mol. The zero-order valence-corrected chi connectivity index (χ0v) is 17.3. The van der Waals surface area contributed by atoms with Crippen molar-refractivity contribution < 1.29 is 13.2 Å². The lowest BCUT2D eigenvalue weighted by Gasteiger charge is -2.31. The molecule has 3 aromatic rings. The van der Waals surface area contributed by atoms with E-state index < -0.39 is 10.0 Å². The van der Waals surface area contributed by atoms with Crippen molar-refractivity contribution in [3.63, 3.8) is 0 Å². The van der Waals surface area contributed by atoms with Crippen molar-refractivity contribution in [2.75, 3.05) is 13.1 Å². The van der Waals surface area contributed by atoms with Gasteiger partial charge < -0.3 is 9.88 Å². The molecule has 0 saturated carbocycles. The van der Waals surface area contributed by atoms with Crippen LogP contribution in [0, 0.1) is 5.92 Å². The number of imidazole rings is 1. The second kappa shape index (κ2) is 8.81. The van der Waals surface area contributed by atoms with Gasteiger partial charge in [0.2, 0.25) is 15.9 Å². The Bertz CT molecular complexity index is 1080. The number of rotatable bonds is 6. The molecule has 0 spiro atoms. The van der Waals surface area contributed by atoms with Crippen molar-refractivity contribution >= 4 is 15.9 Å². The molecule has 4 rings (SSSR count). The summed E-state index contributed by atoms with van der Waals surface area (Å²) >= 11 is 0. The smallest absolute Gasteiger partial charge is 0.243 e. The van der Waals surface area contributed by atoms with Crippen molar-refractivity contribution in [1.29, 1.82) is 0 Å². The predicted octanol–water partition coefficient (Wildman–Crippen LogP) is 2.59. The molecule has 1 saturated heterocycles. The minimum Gasteiger partial charge on any atom is -0.352 e. The van der Waals surface area contributed by atoms with Crippen molar-refractivity contribution in [2.45, 2.75) is 24.3 Å². The van der Waals surface area contributed by atoms with E-state index in [4.69, 9.17) is 0 Å². The summed E-state index contributed by atoms with van der Waals surface area (Å²) < 4.78 is 29.0. The molecular weight excluding hydrogens is 400 g/mol. The Morgan fingerprint density at radius 1 is 1.10 bits per heavy atom. The average molecular weight is 425 g/mol. The predicted molar refractivity (Wildman–Crippen MR) is 113 cm³/mol. The molecule has 156 valence electrons. The van der Waals surface area contributed by atoms with Gasteiger partial charge in [0, 0.05) is 37.7 Å². The highest BCUT2D eigenvalue weighted by molar-refractivity contribution is 7.89. The molecule has 7 nitrogen and oxygen atoms in total. The fourth-order valence-corrected chi connectivity index (χ4v) is 5.19. The Morgan fingerprint density at radius 3 is 2.57 bits per heavy atom. The summed E-state index contributed by atoms with van der Waals surface area (Å²) in [4.78, 5) is 17.0. The molecule has 2 heterocycles. The van der Waals surface area contributed by atoms with E-state index >= 15 is 0 Å². The first-order valence-electron chi connectivity index (χ1n) is 9.94. The van der Waals surface area contributed by atoms with Gasteiger partial charge in [0.25, 0.3) is 0 Å². The molecule has 0 bridgehead atoms. The van der Waals surface area contributed by atoms with Crippen molar-refractivity contribution in [2.24, 2.45) is 5.92 Å². The third kappa shape index (κ3) is 4.44. The number of carbonyl (C=O) groups is 1. The lowest BCUT2D eigenvalue weighted by Crippen LogP contribution is -2.45. The number of benzene rings is 2. The fourth-order valence-electron chi connectivity index (χ4n) is 3.65. The molecule has 8 heteroatoms. The summed E-state index contributed by atoms with van der Waals surface area (Å²) in [6.07, 6.45) is 6.68. The first-order chi connectivity index (χ1) is 14.5. The molecule has 1 aliphatic heterocycles. The van der Waals surface area contributed by atoms with Crippen LogP contribution in [-0.2, 0) is 21.4 Å². The molecule has 0 radical (unpaired) electrons. The van der Waals surface area contributed by atoms with Crippen molar-refractivity contribution in [3.8, 4) is 5.69 Å². The lowest BCUT2D eigenvalue weighted by molar-refractivity contribution is -0.126. The van der Waals surface area contributed by atoms with Crippen LogP contribution in [0.1, 0.15) is 18.4 Å². The van der Waals surface area contributed by atoms with E-state index in [9.17, 15) is 13.2 Å². The third-order valence-corrected chi connectivity index (χ3v) is 7.22. The molecule has 2 aromatic carbocycles. The molecular formula is C22H24N4O3S. The van der Waals surface area contributed by atoms with E-state index in [1.54, 1.807) is 42.9 Å². The largest absolute Gasteiger partial charge is 0.352 e. The standard InChI is InChI=1S/C22H24N4O3S/c27-22(24-15-18-8-10-20(11-9-18)25-14-12-23-17-25)19-5-4-13-26(16-19)30(28,29)21-6-2-1-3-7-21/h1-3,6-12,14,17,19H,4-5,13,15-16H2,(H,24,27)/t19-/m1/s1. The second-order valence-corrected chi connectivity index (χ2v) is 9.31. The minimum atomic E-state index is -3.58. The molecule has 0 unspecified atom stereocenters. The maximum atomic E-state index is 12.9. The van der Waals surface area contributed by atoms with Gasteiger partial charge in [0.1, 0.15) is 0 Å². The number of hydrogen-bond donors (Lipinski definition) is 1. The van der Waals surface area contributed by atoms with Crippen LogP contribution in [-0.4, -0.2) is 41.3 Å². The number of nitrogens with one attached hydrogen (secondary N) is 1. The summed E-state index contributed by atoms with van der Waals surface area (Å²) in [6, 6.07) is 16.2. The quantitative estimate of drug-likeness (QED) is 0.659. The van der Waals surface area contributed by atoms with Gasteiger partial charge in [0.15, 0.2) is 0 Å². The number of hydrogen-bond acceptors (Lipinski definition) is 4. The highest BCUT2D eigenvalue weighted by Crippen LogP contribution is 2.24. The number of amides is 1. The van der Waals surface area contributed by atoms with E-state index in [1.165, 1.54) is 4.31 Å². The SMILES string of the molecule is O=C(NCc1ccc(-n2ccnc2)cc1)[C@@H]1CCCN(S(=O)(=O)c2ccccc2)C1. The van der Waals surface area contributed by atoms with E-state index in [-0.39, 0.29) is 23.3 Å². The van der Waals surface area contributed by atoms with Gasteiger partial charge in [-0.15, -0.1) is 0 Å². The molecule has 1 atom stereocenters. The summed E-state index contributed by atoms with van der Waals surface area (Å²) in [7, 11) is -3.58. The Hall–Kier alpha value is -2.97. The van der Waals surface area contributed by atoms with Crippen LogP contribution in [0.3, 0.4) is 0 Å². The van der Waals surface area contributed by atoms with Crippen molar-refractivity contribution in [1.82, 2.24) is 19.2 Å². The molecule has 0 aliphatic carbocycles. The van der Waals surface area contributed by atoms with Crippen LogP contribution >= 0.6 is 0 Å². The van der Waals surface area contributed by atoms with Gasteiger partial charge in [-0.25, -0.2) is 13.4 Å². The highest BCUT2D eigenvalue weighted by Gasteiger charge is 2.33. The number of sulfonamides is 1. The van der Waals surface area contributed by atoms with Crippen LogP contribution in [0.5, 0.6) is 0 Å². The third-order valence-electron chi connectivity index (χ3n) is 5.34. The van der Waals surface area contributed by atoms with Gasteiger partial charge in [-0.2, -0.15) is 4.31 Å². The van der Waals surface area contributed by atoms with E-state index in [1.807, 2.05) is 35.0 Å². The number of piperidine rings is 1. The highest BCUT2D eigenvalue weighted by atomic mass is 32.2. The molecule has 1 fully saturated rings. The van der Waals surface area contributed by atoms with Gasteiger partial charge in [-0.3, -0.25) is 4.79 Å². The summed E-state index contributed by atoms with van der Waals surface area (Å²) in [5.74, 6) is -0.455. The summed E-state index contributed by atoms with van der Waals surface area (Å²) in [6.45, 7) is 1.06. The van der Waals surface area contributed by atoms with Crippen LogP contribution < -0.4 is 5.32 Å². The van der Waals surface area contributed by atoms with Crippen molar-refractivity contribution in [3.05, 3.63) is 78.9 Å². The average Bonchev–Trinajstić information content (AvgIpc) is 3.33. The number of aromatic nitrogens is 2. The zero-order valence-electron chi connectivity index (χ0n) is 16.5. The van der Waals surface area contributed by atoms with E-state index in [0.717, 1.165) is 11.3 Å². The first kappa shape index (κ1) is 20.3. The lowest BCUT2D eigenvalue weighted by atomic mass is 9.99. The maximum Gasteiger partial charge on any atom is 0.243 e. The number of carbonyl (C=O) groups excluding carboxylic acids is 1. The second-order valence-electron chi connectivity index (χ2n) is 7.37. The van der Waals surface area contributed by atoms with E-state index in [0.29, 0.717) is 25.9 Å². The number of nitrogens with zero attached hydrogens (tertiary/aromatic N) is 3. The Kier molecular flexibility index (Phi) is 5.96. The molecule has 1 aromatic heterocycles. The van der Waals surface area contributed by atoms with Gasteiger partial charge in [0.05, 0.1) is 17.1 Å². The van der Waals surface area contributed by atoms with Crippen LogP contribution in [0.15, 0.2) is 78.2 Å². The minimum absolute atomic E-state index is 0.110. The van der Waals surface area contributed by atoms with Crippen LogP contribution in [0.4, 0.5) is 0 Å². The van der Waals surface area contributed by atoms with Crippen LogP contribution in [0.25, 0.3) is 5.69 Å². The summed E-state index contributed by atoms with van der Waals surface area (Å²) in [5, 5.41) is 2.96. The van der Waals surface area contributed by atoms with Crippen LogP contribution in [0.2, 0.25) is 0 Å². The molecule has 1 N–H and O–H groups in total. The van der Waals surface area contributed by atoms with Gasteiger partial charge >= 0.3 is 0 Å². The Labute approximate surface area is 176 Å². The zero-order chi connectivity index (χ0) is 21.0. The maximum absolute atomic E-state index is 12.9. The Balaban J connectivity index is 1.35. The van der Waals surface area contributed by atoms with Gasteiger partial charge in [-0.1, -0.05) is 30.3 Å².